The maximum absolute atomic E-state index is 9.43. The molecule has 0 unspecified atom stereocenters. The molecule has 1 heterocycles. The number of halogens is 1. The zero-order valence-electron chi connectivity index (χ0n) is 8.03. The van der Waals surface area contributed by atoms with Crippen LogP contribution in [0.4, 0.5) is 0 Å². The van der Waals surface area contributed by atoms with Gasteiger partial charge in [0.25, 0.3) is 0 Å². The first-order valence-electron chi connectivity index (χ1n) is 4.72. The lowest BCUT2D eigenvalue weighted by Crippen LogP contribution is -2.27. The quantitative estimate of drug-likeness (QED) is 0.506. The van der Waals surface area contributed by atoms with Crippen molar-refractivity contribution in [1.82, 2.24) is 0 Å². The summed E-state index contributed by atoms with van der Waals surface area (Å²) >= 11 is 2.42. The van der Waals surface area contributed by atoms with E-state index in [4.69, 9.17) is 4.65 Å². The second-order valence-corrected chi connectivity index (χ2v) is 5.81. The molecule has 0 fully saturated rings. The molecule has 0 radical (unpaired) electrons. The zero-order chi connectivity index (χ0) is 10.1. The predicted molar refractivity (Wildman–Crippen MR) is 66.0 cm³/mol. The van der Waals surface area contributed by atoms with E-state index in [0.29, 0.717) is 10.5 Å². The summed E-state index contributed by atoms with van der Waals surface area (Å²) in [6.07, 6.45) is 1.07. The fourth-order valence-corrected chi connectivity index (χ4v) is 2.24. The summed E-state index contributed by atoms with van der Waals surface area (Å²) in [4.78, 5) is 0. The highest BCUT2D eigenvalue weighted by molar-refractivity contribution is 14.1. The van der Waals surface area contributed by atoms with E-state index in [1.807, 2.05) is 6.07 Å². The van der Waals surface area contributed by atoms with Crippen molar-refractivity contribution in [3.8, 4) is 0 Å². The standard InChI is InChI=1S/C10H12BIO2/c1-7(12)4-8-2-3-10-9(5-8)6-14-11(10)13/h2-3,5,7,13H,4,6H2,1H3/t7-/m0/s1. The average Bonchev–Trinajstić information content (AvgIpc) is 2.46. The first-order valence-corrected chi connectivity index (χ1v) is 5.97. The molecule has 0 saturated carbocycles. The molecule has 14 heavy (non-hydrogen) atoms. The molecule has 2 nitrogen and oxygen atoms in total. The number of hydrogen-bond acceptors (Lipinski definition) is 2. The Morgan fingerprint density at radius 1 is 1.64 bits per heavy atom. The second-order valence-electron chi connectivity index (χ2n) is 3.68. The second kappa shape index (κ2) is 4.20. The smallest absolute Gasteiger partial charge is 0.423 e. The van der Waals surface area contributed by atoms with Crippen LogP contribution in [0.1, 0.15) is 18.1 Å². The summed E-state index contributed by atoms with van der Waals surface area (Å²) in [6.45, 7) is 2.74. The molecular weight excluding hydrogens is 290 g/mol. The van der Waals surface area contributed by atoms with Crippen molar-refractivity contribution in [2.75, 3.05) is 0 Å². The van der Waals surface area contributed by atoms with Gasteiger partial charge < -0.3 is 9.68 Å². The SMILES string of the molecule is C[C@H](I)Cc1ccc2c(c1)COB2O. The Balaban J connectivity index is 2.24. The van der Waals surface area contributed by atoms with Crippen LogP contribution >= 0.6 is 22.6 Å². The van der Waals surface area contributed by atoms with Crippen LogP contribution in [-0.2, 0) is 17.7 Å². The van der Waals surface area contributed by atoms with Gasteiger partial charge in [-0.3, -0.25) is 0 Å². The summed E-state index contributed by atoms with van der Waals surface area (Å²) in [7, 11) is -0.712. The number of hydrogen-bond donors (Lipinski definition) is 1. The van der Waals surface area contributed by atoms with Crippen molar-refractivity contribution >= 4 is 35.2 Å². The molecule has 1 aromatic rings. The van der Waals surface area contributed by atoms with E-state index in [0.717, 1.165) is 17.4 Å². The fourth-order valence-electron chi connectivity index (χ4n) is 1.74. The Labute approximate surface area is 97.9 Å². The third kappa shape index (κ3) is 2.12. The van der Waals surface area contributed by atoms with Crippen LogP contribution in [0.2, 0.25) is 0 Å². The molecular formula is C10H12BIO2. The topological polar surface area (TPSA) is 29.5 Å². The van der Waals surface area contributed by atoms with E-state index in [1.165, 1.54) is 5.56 Å². The van der Waals surface area contributed by atoms with Gasteiger partial charge in [0.1, 0.15) is 0 Å². The minimum absolute atomic E-state index is 0.542. The van der Waals surface area contributed by atoms with E-state index in [2.05, 4.69) is 41.6 Å². The monoisotopic (exact) mass is 302 g/mol. The van der Waals surface area contributed by atoms with Crippen LogP contribution in [0.3, 0.4) is 0 Å². The third-order valence-electron chi connectivity index (χ3n) is 2.39. The van der Waals surface area contributed by atoms with Crippen molar-refractivity contribution in [3.05, 3.63) is 29.3 Å². The van der Waals surface area contributed by atoms with Crippen LogP contribution in [0.5, 0.6) is 0 Å². The number of fused-ring (bicyclic) bond motifs is 1. The highest BCUT2D eigenvalue weighted by Crippen LogP contribution is 2.15. The Morgan fingerprint density at radius 2 is 2.43 bits per heavy atom. The van der Waals surface area contributed by atoms with Crippen molar-refractivity contribution in [1.29, 1.82) is 0 Å². The van der Waals surface area contributed by atoms with Crippen LogP contribution in [0.25, 0.3) is 0 Å². The lowest BCUT2D eigenvalue weighted by atomic mass is 9.79. The summed E-state index contributed by atoms with van der Waals surface area (Å²) < 4.78 is 5.77. The van der Waals surface area contributed by atoms with Crippen LogP contribution in [0, 0.1) is 0 Å². The lowest BCUT2D eigenvalue weighted by molar-refractivity contribution is 0.275. The van der Waals surface area contributed by atoms with Gasteiger partial charge in [-0.25, -0.2) is 0 Å². The molecule has 0 spiro atoms. The summed E-state index contributed by atoms with van der Waals surface area (Å²) in [6, 6.07) is 6.19. The van der Waals surface area contributed by atoms with Gasteiger partial charge in [-0.05, 0) is 23.0 Å². The highest BCUT2D eigenvalue weighted by atomic mass is 127. The van der Waals surface area contributed by atoms with Gasteiger partial charge >= 0.3 is 7.12 Å². The molecule has 0 aromatic heterocycles. The first kappa shape index (κ1) is 10.5. The molecule has 1 aliphatic heterocycles. The molecule has 1 atom stereocenters. The van der Waals surface area contributed by atoms with Gasteiger partial charge in [0.05, 0.1) is 6.61 Å². The van der Waals surface area contributed by atoms with Gasteiger partial charge in [0.2, 0.25) is 0 Å². The Morgan fingerprint density at radius 3 is 3.14 bits per heavy atom. The maximum atomic E-state index is 9.43. The summed E-state index contributed by atoms with van der Waals surface area (Å²) in [5, 5.41) is 9.43. The van der Waals surface area contributed by atoms with Crippen molar-refractivity contribution in [3.63, 3.8) is 0 Å². The normalized spacial score (nSPS) is 16.9. The minimum atomic E-state index is -0.712. The summed E-state index contributed by atoms with van der Waals surface area (Å²) in [5.74, 6) is 0. The zero-order valence-corrected chi connectivity index (χ0v) is 10.2. The van der Waals surface area contributed by atoms with E-state index < -0.39 is 7.12 Å². The van der Waals surface area contributed by atoms with E-state index in [9.17, 15) is 5.02 Å². The molecule has 1 aromatic carbocycles. The van der Waals surface area contributed by atoms with Gasteiger partial charge in [-0.2, -0.15) is 0 Å². The molecule has 2 rings (SSSR count). The first-order chi connectivity index (χ1) is 6.66. The Hall–Kier alpha value is -0.0651. The van der Waals surface area contributed by atoms with Gasteiger partial charge in [-0.15, -0.1) is 0 Å². The van der Waals surface area contributed by atoms with Gasteiger partial charge in [0, 0.05) is 3.92 Å². The molecule has 0 bridgehead atoms. The number of rotatable bonds is 2. The maximum Gasteiger partial charge on any atom is 0.491 e. The van der Waals surface area contributed by atoms with E-state index >= 15 is 0 Å². The van der Waals surface area contributed by atoms with Crippen molar-refractivity contribution in [2.24, 2.45) is 0 Å². The highest BCUT2D eigenvalue weighted by Gasteiger charge is 2.26. The number of benzene rings is 1. The number of alkyl halides is 1. The van der Waals surface area contributed by atoms with Gasteiger partial charge in [-0.1, -0.05) is 47.7 Å². The van der Waals surface area contributed by atoms with Crippen LogP contribution in [0.15, 0.2) is 18.2 Å². The Kier molecular flexibility index (Phi) is 3.14. The van der Waals surface area contributed by atoms with Crippen LogP contribution in [-0.4, -0.2) is 16.1 Å². The predicted octanol–water partition coefficient (Wildman–Crippen LogP) is 1.27. The largest absolute Gasteiger partial charge is 0.491 e. The summed E-state index contributed by atoms with van der Waals surface area (Å²) in [5.41, 5.74) is 3.38. The average molecular weight is 302 g/mol. The molecule has 0 aliphatic carbocycles. The van der Waals surface area contributed by atoms with E-state index in [1.54, 1.807) is 0 Å². The molecule has 0 saturated heterocycles. The fraction of sp³-hybridized carbons (Fsp3) is 0.400. The molecule has 0 amide bonds. The molecule has 1 aliphatic rings. The molecule has 74 valence electrons. The third-order valence-corrected chi connectivity index (χ3v) is 2.83. The van der Waals surface area contributed by atoms with Crippen LogP contribution < -0.4 is 5.46 Å². The van der Waals surface area contributed by atoms with Gasteiger partial charge in [0.15, 0.2) is 0 Å². The molecule has 1 N–H and O–H groups in total. The van der Waals surface area contributed by atoms with Crippen molar-refractivity contribution in [2.45, 2.75) is 23.9 Å². The van der Waals surface area contributed by atoms with E-state index in [-0.39, 0.29) is 0 Å². The lowest BCUT2D eigenvalue weighted by Gasteiger charge is -2.05. The molecule has 4 heteroatoms. The van der Waals surface area contributed by atoms with Crippen molar-refractivity contribution < 1.29 is 9.68 Å². The minimum Gasteiger partial charge on any atom is -0.423 e. The Bertz CT molecular complexity index is 341.